The summed E-state index contributed by atoms with van der Waals surface area (Å²) in [4.78, 5) is 0. The number of fused-ring (bicyclic) bond motifs is 1. The summed E-state index contributed by atoms with van der Waals surface area (Å²) in [6.07, 6.45) is 4.94. The first-order valence-corrected chi connectivity index (χ1v) is 7.96. The van der Waals surface area contributed by atoms with Crippen LogP contribution in [0.25, 0.3) is 10.9 Å². The van der Waals surface area contributed by atoms with Crippen molar-refractivity contribution in [2.45, 2.75) is 31.8 Å². The predicted octanol–water partition coefficient (Wildman–Crippen LogP) is 2.26. The molecule has 2 aliphatic rings. The zero-order valence-electron chi connectivity index (χ0n) is 12.6. The van der Waals surface area contributed by atoms with Crippen molar-refractivity contribution in [1.29, 1.82) is 0 Å². The molecule has 0 spiro atoms. The Morgan fingerprint density at radius 1 is 1.38 bits per heavy atom. The summed E-state index contributed by atoms with van der Waals surface area (Å²) in [5.41, 5.74) is 8.66. The Balaban J connectivity index is 1.72. The average molecular weight is 285 g/mol. The molecule has 0 bridgehead atoms. The molecule has 4 rings (SSSR count). The van der Waals surface area contributed by atoms with Crippen molar-refractivity contribution in [3.05, 3.63) is 30.0 Å². The van der Waals surface area contributed by atoms with Crippen LogP contribution < -0.4 is 5.73 Å². The second-order valence-electron chi connectivity index (χ2n) is 6.71. The number of para-hydroxylation sites is 1. The Bertz CT molecular complexity index is 661. The summed E-state index contributed by atoms with van der Waals surface area (Å²) in [7, 11) is 2.02. The minimum Gasteiger partial charge on any atom is -0.377 e. The third-order valence-electron chi connectivity index (χ3n) is 5.31. The number of hydrogen-bond acceptors (Lipinski definition) is 3. The van der Waals surface area contributed by atoms with Crippen LogP contribution in [0.1, 0.15) is 25.0 Å². The fraction of sp³-hybridized carbons (Fsp3) is 0.588. The molecule has 112 valence electrons. The second-order valence-corrected chi connectivity index (χ2v) is 6.71. The maximum absolute atomic E-state index is 6.21. The Kier molecular flexibility index (Phi) is 3.05. The highest BCUT2D eigenvalue weighted by Crippen LogP contribution is 2.49. The van der Waals surface area contributed by atoms with Crippen LogP contribution in [0.5, 0.6) is 0 Å². The molecular formula is C17H23N3O. The molecule has 1 aromatic heterocycles. The van der Waals surface area contributed by atoms with E-state index in [1.165, 1.54) is 29.4 Å². The molecule has 0 amide bonds. The van der Waals surface area contributed by atoms with Crippen molar-refractivity contribution in [2.24, 2.45) is 24.1 Å². The van der Waals surface area contributed by atoms with E-state index in [0.29, 0.717) is 12.6 Å². The highest BCUT2D eigenvalue weighted by molar-refractivity contribution is 5.81. The lowest BCUT2D eigenvalue weighted by molar-refractivity contribution is 0.0341. The molecule has 0 radical (unpaired) electrons. The van der Waals surface area contributed by atoms with Crippen molar-refractivity contribution in [2.75, 3.05) is 13.2 Å². The fourth-order valence-corrected chi connectivity index (χ4v) is 3.98. The highest BCUT2D eigenvalue weighted by atomic mass is 16.5. The summed E-state index contributed by atoms with van der Waals surface area (Å²) in [6.45, 7) is 1.54. The zero-order chi connectivity index (χ0) is 14.4. The summed E-state index contributed by atoms with van der Waals surface area (Å²) in [6, 6.07) is 8.46. The van der Waals surface area contributed by atoms with E-state index in [9.17, 15) is 0 Å². The Hall–Kier alpha value is -1.39. The number of nitrogens with zero attached hydrogens (tertiary/aromatic N) is 2. The Morgan fingerprint density at radius 3 is 2.95 bits per heavy atom. The van der Waals surface area contributed by atoms with Crippen molar-refractivity contribution in [1.82, 2.24) is 9.78 Å². The minimum absolute atomic E-state index is 0.0816. The van der Waals surface area contributed by atoms with Gasteiger partial charge in [0.15, 0.2) is 0 Å². The van der Waals surface area contributed by atoms with Gasteiger partial charge in [-0.2, -0.15) is 5.10 Å². The van der Waals surface area contributed by atoms with E-state index in [-0.39, 0.29) is 5.41 Å². The molecule has 2 heterocycles. The van der Waals surface area contributed by atoms with Gasteiger partial charge in [0.2, 0.25) is 0 Å². The number of aryl methyl sites for hydroxylation is 1. The third-order valence-corrected chi connectivity index (χ3v) is 5.31. The largest absolute Gasteiger partial charge is 0.377 e. The zero-order valence-corrected chi connectivity index (χ0v) is 12.6. The topological polar surface area (TPSA) is 53.1 Å². The molecule has 1 aromatic carbocycles. The average Bonchev–Trinajstić information content (AvgIpc) is 3.20. The normalized spacial score (nSPS) is 29.3. The van der Waals surface area contributed by atoms with Crippen LogP contribution in [0.15, 0.2) is 24.3 Å². The summed E-state index contributed by atoms with van der Waals surface area (Å²) in [5.74, 6) is 0.728. The lowest BCUT2D eigenvalue weighted by atomic mass is 9.75. The molecule has 21 heavy (non-hydrogen) atoms. The Labute approximate surface area is 125 Å². The number of aromatic nitrogens is 2. The van der Waals surface area contributed by atoms with Gasteiger partial charge in [0, 0.05) is 37.4 Å². The maximum Gasteiger partial charge on any atom is 0.0710 e. The molecule has 1 aliphatic carbocycles. The highest BCUT2D eigenvalue weighted by Gasteiger charge is 2.50. The van der Waals surface area contributed by atoms with E-state index >= 15 is 0 Å². The first kappa shape index (κ1) is 13.3. The third kappa shape index (κ3) is 2.09. The van der Waals surface area contributed by atoms with Crippen molar-refractivity contribution in [3.8, 4) is 0 Å². The van der Waals surface area contributed by atoms with Crippen LogP contribution in [-0.2, 0) is 18.2 Å². The van der Waals surface area contributed by atoms with Crippen molar-refractivity contribution in [3.63, 3.8) is 0 Å². The molecular weight excluding hydrogens is 262 g/mol. The van der Waals surface area contributed by atoms with E-state index in [4.69, 9.17) is 15.6 Å². The van der Waals surface area contributed by atoms with Gasteiger partial charge in [0.25, 0.3) is 0 Å². The number of ether oxygens (including phenoxy) is 1. The lowest BCUT2D eigenvalue weighted by Crippen LogP contribution is -2.41. The molecule has 2 aromatic rings. The van der Waals surface area contributed by atoms with Crippen molar-refractivity contribution >= 4 is 10.9 Å². The van der Waals surface area contributed by atoms with Gasteiger partial charge in [-0.05, 0) is 31.2 Å². The molecule has 4 nitrogen and oxygen atoms in total. The predicted molar refractivity (Wildman–Crippen MR) is 83.0 cm³/mol. The fourth-order valence-electron chi connectivity index (χ4n) is 3.98. The van der Waals surface area contributed by atoms with Gasteiger partial charge in [-0.3, -0.25) is 4.68 Å². The molecule has 2 unspecified atom stereocenters. The van der Waals surface area contributed by atoms with Crippen LogP contribution in [0.3, 0.4) is 0 Å². The molecule has 4 heteroatoms. The SMILES string of the molecule is Cn1nc(CC2(CN)CCOC2C2CC2)c2ccccc21. The first-order valence-electron chi connectivity index (χ1n) is 7.96. The smallest absolute Gasteiger partial charge is 0.0710 e. The van der Waals surface area contributed by atoms with Crippen LogP contribution in [0.4, 0.5) is 0 Å². The van der Waals surface area contributed by atoms with Gasteiger partial charge in [0.05, 0.1) is 17.3 Å². The van der Waals surface area contributed by atoms with Gasteiger partial charge in [-0.25, -0.2) is 0 Å². The van der Waals surface area contributed by atoms with E-state index in [0.717, 1.165) is 25.4 Å². The molecule has 1 saturated carbocycles. The van der Waals surface area contributed by atoms with E-state index in [1.807, 2.05) is 11.7 Å². The summed E-state index contributed by atoms with van der Waals surface area (Å²) >= 11 is 0. The van der Waals surface area contributed by atoms with Crippen LogP contribution in [0.2, 0.25) is 0 Å². The van der Waals surface area contributed by atoms with Crippen LogP contribution >= 0.6 is 0 Å². The van der Waals surface area contributed by atoms with Gasteiger partial charge in [0.1, 0.15) is 0 Å². The van der Waals surface area contributed by atoms with Crippen molar-refractivity contribution < 1.29 is 4.74 Å². The Morgan fingerprint density at radius 2 is 2.19 bits per heavy atom. The molecule has 2 fully saturated rings. The van der Waals surface area contributed by atoms with E-state index < -0.39 is 0 Å². The molecule has 1 aliphatic heterocycles. The van der Waals surface area contributed by atoms with E-state index in [2.05, 4.69) is 24.3 Å². The molecule has 2 N–H and O–H groups in total. The summed E-state index contributed by atoms with van der Waals surface area (Å²) < 4.78 is 8.04. The number of benzene rings is 1. The van der Waals surface area contributed by atoms with E-state index in [1.54, 1.807) is 0 Å². The second kappa shape index (κ2) is 4.82. The van der Waals surface area contributed by atoms with Crippen LogP contribution in [-0.4, -0.2) is 29.0 Å². The quantitative estimate of drug-likeness (QED) is 0.937. The first-order chi connectivity index (χ1) is 10.2. The molecule has 2 atom stereocenters. The van der Waals surface area contributed by atoms with Crippen LogP contribution in [0, 0.1) is 11.3 Å². The van der Waals surface area contributed by atoms with Gasteiger partial charge >= 0.3 is 0 Å². The van der Waals surface area contributed by atoms with Gasteiger partial charge in [-0.1, -0.05) is 18.2 Å². The summed E-state index contributed by atoms with van der Waals surface area (Å²) in [5, 5.41) is 6.02. The minimum atomic E-state index is 0.0816. The number of rotatable bonds is 4. The monoisotopic (exact) mass is 285 g/mol. The number of hydrogen-bond donors (Lipinski definition) is 1. The number of nitrogens with two attached hydrogens (primary N) is 1. The lowest BCUT2D eigenvalue weighted by Gasteiger charge is -2.32. The molecule has 1 saturated heterocycles. The van der Waals surface area contributed by atoms with Gasteiger partial charge < -0.3 is 10.5 Å². The van der Waals surface area contributed by atoms with Gasteiger partial charge in [-0.15, -0.1) is 0 Å². The standard InChI is InChI=1S/C17H23N3O/c1-20-15-5-3-2-4-13(15)14(19-20)10-17(11-18)8-9-21-16(17)12-6-7-12/h2-5,12,16H,6-11,18H2,1H3. The maximum atomic E-state index is 6.21.